The molecular weight excluding hydrogens is 192 g/mol. The van der Waals surface area contributed by atoms with Crippen molar-refractivity contribution in [3.63, 3.8) is 0 Å². The normalized spacial score (nSPS) is 12.4. The topological polar surface area (TPSA) is 18.5 Å². The van der Waals surface area contributed by atoms with E-state index < -0.39 is 8.80 Å². The molecule has 0 heterocycles. The van der Waals surface area contributed by atoms with Crippen LogP contribution in [0.1, 0.15) is 41.5 Å². The lowest BCUT2D eigenvalue weighted by Crippen LogP contribution is -2.40. The van der Waals surface area contributed by atoms with Gasteiger partial charge < -0.3 is 9.47 Å². The zero-order valence-corrected chi connectivity index (χ0v) is 11.7. The number of rotatable bonds is 7. The molecule has 2 nitrogen and oxygen atoms in total. The number of ether oxygens (including phenoxy) is 2. The highest BCUT2D eigenvalue weighted by atomic mass is 28.3. The molecule has 0 rings (SSSR count). The minimum atomic E-state index is -0.975. The molecule has 0 amide bonds. The lowest BCUT2D eigenvalue weighted by Gasteiger charge is -2.31. The van der Waals surface area contributed by atoms with Gasteiger partial charge in [0.1, 0.15) is 14.7 Å². The van der Waals surface area contributed by atoms with Crippen molar-refractivity contribution in [2.75, 3.05) is 13.2 Å². The summed E-state index contributed by atoms with van der Waals surface area (Å²) in [5.41, 5.74) is 1.47. The van der Waals surface area contributed by atoms with Gasteiger partial charge in [0.15, 0.2) is 0 Å². The van der Waals surface area contributed by atoms with Gasteiger partial charge in [0, 0.05) is 13.2 Å². The third kappa shape index (κ3) is 4.58. The first-order valence-electron chi connectivity index (χ1n) is 5.77. The Morgan fingerprint density at radius 1 is 0.857 bits per heavy atom. The number of hydrogen-bond donors (Lipinski definition) is 0. The first-order valence-corrected chi connectivity index (χ1v) is 7.77. The smallest absolute Gasteiger partial charge is 0.138 e. The molecule has 0 spiro atoms. The standard InChI is InChI=1S/C11H26O2Si/c1-7-12-11(13-8-2)14(9(3)4)10(5)6/h9-11,14H,7-8H2,1-6H3. The molecule has 0 radical (unpaired) electrons. The third-order valence-electron chi connectivity index (χ3n) is 2.52. The van der Waals surface area contributed by atoms with Gasteiger partial charge in [0.2, 0.25) is 0 Å². The van der Waals surface area contributed by atoms with Crippen LogP contribution in [0.2, 0.25) is 11.1 Å². The molecule has 0 aromatic heterocycles. The van der Waals surface area contributed by atoms with Crippen LogP contribution >= 0.6 is 0 Å². The first-order chi connectivity index (χ1) is 6.54. The molecule has 0 unspecified atom stereocenters. The van der Waals surface area contributed by atoms with Crippen LogP contribution in [0.4, 0.5) is 0 Å². The Morgan fingerprint density at radius 2 is 1.21 bits per heavy atom. The highest BCUT2D eigenvalue weighted by Crippen LogP contribution is 2.25. The summed E-state index contributed by atoms with van der Waals surface area (Å²) in [5, 5.41) is 0. The molecule has 3 heteroatoms. The summed E-state index contributed by atoms with van der Waals surface area (Å²) in [4.78, 5) is 0. The maximum Gasteiger partial charge on any atom is 0.138 e. The van der Waals surface area contributed by atoms with Crippen molar-refractivity contribution >= 4 is 8.80 Å². The Balaban J connectivity index is 4.37. The second-order valence-corrected chi connectivity index (χ2v) is 8.71. The van der Waals surface area contributed by atoms with Crippen LogP contribution in [0.15, 0.2) is 0 Å². The second-order valence-electron chi connectivity index (χ2n) is 4.34. The molecular formula is C11H26O2Si. The minimum Gasteiger partial charge on any atom is -0.357 e. The Bertz CT molecular complexity index is 123. The molecule has 0 N–H and O–H groups in total. The Kier molecular flexibility index (Phi) is 7.50. The SMILES string of the molecule is CCOC(OCC)[SiH](C(C)C)C(C)C. The second kappa shape index (κ2) is 7.43. The summed E-state index contributed by atoms with van der Waals surface area (Å²) in [6.45, 7) is 14.8. The maximum atomic E-state index is 5.71. The zero-order chi connectivity index (χ0) is 11.1. The van der Waals surface area contributed by atoms with E-state index in [2.05, 4.69) is 27.7 Å². The summed E-state index contributed by atoms with van der Waals surface area (Å²) in [7, 11) is -0.975. The molecule has 0 aromatic carbocycles. The van der Waals surface area contributed by atoms with E-state index in [-0.39, 0.29) is 5.91 Å². The highest BCUT2D eigenvalue weighted by molar-refractivity contribution is 6.62. The molecule has 0 bridgehead atoms. The van der Waals surface area contributed by atoms with E-state index in [1.165, 1.54) is 0 Å². The first kappa shape index (κ1) is 14.1. The predicted octanol–water partition coefficient (Wildman–Crippen LogP) is 2.97. The number of hydrogen-bond acceptors (Lipinski definition) is 2. The van der Waals surface area contributed by atoms with E-state index in [1.807, 2.05) is 13.8 Å². The van der Waals surface area contributed by atoms with Gasteiger partial charge in [-0.05, 0) is 24.9 Å². The molecule has 14 heavy (non-hydrogen) atoms. The Hall–Kier alpha value is 0.137. The van der Waals surface area contributed by atoms with E-state index in [0.717, 1.165) is 24.3 Å². The molecule has 86 valence electrons. The summed E-state index contributed by atoms with van der Waals surface area (Å²) in [5.74, 6) is 0.102. The van der Waals surface area contributed by atoms with Crippen LogP contribution in [0.25, 0.3) is 0 Å². The van der Waals surface area contributed by atoms with Crippen molar-refractivity contribution in [2.24, 2.45) is 0 Å². The van der Waals surface area contributed by atoms with Gasteiger partial charge in [0.25, 0.3) is 0 Å². The fraction of sp³-hybridized carbons (Fsp3) is 1.00. The van der Waals surface area contributed by atoms with E-state index in [0.29, 0.717) is 0 Å². The average molecular weight is 218 g/mol. The van der Waals surface area contributed by atoms with E-state index in [4.69, 9.17) is 9.47 Å². The summed E-state index contributed by atoms with van der Waals surface area (Å²) in [6.07, 6.45) is 0. The monoisotopic (exact) mass is 218 g/mol. The van der Waals surface area contributed by atoms with Gasteiger partial charge in [-0.2, -0.15) is 0 Å². The Labute approximate surface area is 90.6 Å². The molecule has 0 aromatic rings. The van der Waals surface area contributed by atoms with Gasteiger partial charge in [-0.25, -0.2) is 0 Å². The lowest BCUT2D eigenvalue weighted by atomic mass is 10.5. The minimum absolute atomic E-state index is 0.102. The molecule has 0 aliphatic rings. The molecule has 0 aliphatic heterocycles. The van der Waals surface area contributed by atoms with Crippen molar-refractivity contribution < 1.29 is 9.47 Å². The van der Waals surface area contributed by atoms with Gasteiger partial charge in [0.05, 0.1) is 0 Å². The third-order valence-corrected chi connectivity index (χ3v) is 6.61. The van der Waals surface area contributed by atoms with Gasteiger partial charge in [-0.3, -0.25) is 0 Å². The van der Waals surface area contributed by atoms with Crippen molar-refractivity contribution in [1.29, 1.82) is 0 Å². The molecule has 0 saturated heterocycles. The van der Waals surface area contributed by atoms with Crippen molar-refractivity contribution in [3.8, 4) is 0 Å². The molecule has 0 aliphatic carbocycles. The van der Waals surface area contributed by atoms with Crippen molar-refractivity contribution in [2.45, 2.75) is 58.5 Å². The van der Waals surface area contributed by atoms with Crippen LogP contribution < -0.4 is 0 Å². The van der Waals surface area contributed by atoms with E-state index in [9.17, 15) is 0 Å². The van der Waals surface area contributed by atoms with Gasteiger partial charge in [-0.15, -0.1) is 0 Å². The fourth-order valence-electron chi connectivity index (χ4n) is 2.00. The quantitative estimate of drug-likeness (QED) is 0.483. The predicted molar refractivity (Wildman–Crippen MR) is 64.4 cm³/mol. The molecule has 0 atom stereocenters. The average Bonchev–Trinajstić information content (AvgIpc) is 2.03. The summed E-state index contributed by atoms with van der Waals surface area (Å²) < 4.78 is 11.4. The maximum absolute atomic E-state index is 5.71. The largest absolute Gasteiger partial charge is 0.357 e. The van der Waals surface area contributed by atoms with Gasteiger partial charge >= 0.3 is 0 Å². The molecule has 0 fully saturated rings. The van der Waals surface area contributed by atoms with Crippen LogP contribution in [-0.4, -0.2) is 27.9 Å². The summed E-state index contributed by atoms with van der Waals surface area (Å²) in [6, 6.07) is 0. The Morgan fingerprint density at radius 3 is 1.43 bits per heavy atom. The molecule has 0 saturated carbocycles. The van der Waals surface area contributed by atoms with Gasteiger partial charge in [-0.1, -0.05) is 27.7 Å². The van der Waals surface area contributed by atoms with Crippen LogP contribution in [0.3, 0.4) is 0 Å². The van der Waals surface area contributed by atoms with E-state index in [1.54, 1.807) is 0 Å². The van der Waals surface area contributed by atoms with Crippen LogP contribution in [0, 0.1) is 0 Å². The fourth-order valence-corrected chi connectivity index (χ4v) is 5.62. The van der Waals surface area contributed by atoms with Crippen molar-refractivity contribution in [1.82, 2.24) is 0 Å². The van der Waals surface area contributed by atoms with Crippen LogP contribution in [0.5, 0.6) is 0 Å². The van der Waals surface area contributed by atoms with Crippen LogP contribution in [-0.2, 0) is 9.47 Å². The van der Waals surface area contributed by atoms with Crippen molar-refractivity contribution in [3.05, 3.63) is 0 Å². The highest BCUT2D eigenvalue weighted by Gasteiger charge is 2.30. The summed E-state index contributed by atoms with van der Waals surface area (Å²) >= 11 is 0. The lowest BCUT2D eigenvalue weighted by molar-refractivity contribution is -0.0869. The van der Waals surface area contributed by atoms with E-state index >= 15 is 0 Å². The zero-order valence-electron chi connectivity index (χ0n) is 10.5.